The topological polar surface area (TPSA) is 151 Å². The van der Waals surface area contributed by atoms with Gasteiger partial charge in [0.25, 0.3) is 0 Å². The van der Waals surface area contributed by atoms with Gasteiger partial charge in [0.1, 0.15) is 11.8 Å². The maximum absolute atomic E-state index is 14.0. The predicted molar refractivity (Wildman–Crippen MR) is 204 cm³/mol. The van der Waals surface area contributed by atoms with E-state index in [9.17, 15) is 28.8 Å². The normalized spacial score (nSPS) is 27.2. The maximum atomic E-state index is 14.0. The summed E-state index contributed by atoms with van der Waals surface area (Å²) in [7, 11) is 0. The van der Waals surface area contributed by atoms with Gasteiger partial charge in [0.05, 0.1) is 17.6 Å². The first kappa shape index (κ1) is 45.7. The number of hydrogen-bond donors (Lipinski definition) is 4. The molecule has 0 saturated carbocycles. The number of thioether (sulfide) groups is 1. The standard InChI is InChI=1S/C39H68N4O6S/c1-12-27(6)33-35(47)34(46)32(26(4)5)41-36(48)30(23-25(2)3)40-37(49)38(8,9)20-17-15-13-14-16-18-21-39(10,43-42-33)31(45)24-29(28(7)44)19-22-50-11/h13-14,25-27,29-30,32-33,42-43H,12,15-24H2,1-11H3,(H,40,49)(H,41,48)/b14-13-/t27-,29+,30-,32-,33-,39-/m0/s1. The van der Waals surface area contributed by atoms with Crippen molar-refractivity contribution in [2.45, 2.75) is 157 Å². The molecule has 1 heterocycles. The second-order valence-corrected chi connectivity index (χ2v) is 16.9. The van der Waals surface area contributed by atoms with Gasteiger partial charge in [-0.3, -0.25) is 28.8 Å². The zero-order chi connectivity index (χ0) is 38.2. The van der Waals surface area contributed by atoms with Crippen LogP contribution in [0.4, 0.5) is 0 Å². The van der Waals surface area contributed by atoms with E-state index in [1.54, 1.807) is 32.5 Å². The van der Waals surface area contributed by atoms with Crippen molar-refractivity contribution in [2.75, 3.05) is 12.0 Å². The lowest BCUT2D eigenvalue weighted by atomic mass is 9.83. The highest BCUT2D eigenvalue weighted by molar-refractivity contribution is 7.98. The lowest BCUT2D eigenvalue weighted by molar-refractivity contribution is -0.142. The Morgan fingerprint density at radius 2 is 1.48 bits per heavy atom. The summed E-state index contributed by atoms with van der Waals surface area (Å²) in [5, 5.41) is 5.77. The lowest BCUT2D eigenvalue weighted by Gasteiger charge is -2.35. The zero-order valence-electron chi connectivity index (χ0n) is 32.8. The fourth-order valence-electron chi connectivity index (χ4n) is 6.11. The molecule has 11 heteroatoms. The van der Waals surface area contributed by atoms with E-state index >= 15 is 0 Å². The number of carbonyl (C=O) groups is 6. The van der Waals surface area contributed by atoms with Crippen molar-refractivity contribution >= 4 is 46.7 Å². The van der Waals surface area contributed by atoms with Gasteiger partial charge in [-0.15, -0.1) is 0 Å². The van der Waals surface area contributed by atoms with E-state index in [1.807, 2.05) is 47.8 Å². The summed E-state index contributed by atoms with van der Waals surface area (Å²) in [6, 6.07) is -2.95. The highest BCUT2D eigenvalue weighted by Crippen LogP contribution is 2.26. The van der Waals surface area contributed by atoms with Gasteiger partial charge in [0, 0.05) is 17.8 Å². The van der Waals surface area contributed by atoms with Crippen LogP contribution in [0.25, 0.3) is 0 Å². The van der Waals surface area contributed by atoms with E-state index in [2.05, 4.69) is 33.6 Å². The minimum atomic E-state index is -1.11. The van der Waals surface area contributed by atoms with Gasteiger partial charge >= 0.3 is 0 Å². The number of amides is 2. The molecule has 6 atom stereocenters. The van der Waals surface area contributed by atoms with E-state index in [1.165, 1.54) is 6.92 Å². The molecule has 1 rings (SSSR count). The molecule has 50 heavy (non-hydrogen) atoms. The Morgan fingerprint density at radius 1 is 0.900 bits per heavy atom. The fraction of sp³-hybridized carbons (Fsp3) is 0.795. The summed E-state index contributed by atoms with van der Waals surface area (Å²) >= 11 is 1.63. The molecule has 0 aromatic carbocycles. The number of Topliss-reactive ketones (excluding diaryl/α,β-unsaturated/α-hetero) is 4. The summed E-state index contributed by atoms with van der Waals surface area (Å²) in [5.74, 6) is -2.53. The summed E-state index contributed by atoms with van der Waals surface area (Å²) in [4.78, 5) is 81.6. The largest absolute Gasteiger partial charge is 0.344 e. The van der Waals surface area contributed by atoms with E-state index in [0.717, 1.165) is 25.0 Å². The Kier molecular flexibility index (Phi) is 20.0. The molecule has 0 aromatic rings. The molecule has 10 nitrogen and oxygen atoms in total. The monoisotopic (exact) mass is 720 g/mol. The molecule has 0 saturated heterocycles. The minimum Gasteiger partial charge on any atom is -0.344 e. The van der Waals surface area contributed by atoms with Crippen molar-refractivity contribution < 1.29 is 28.8 Å². The molecule has 2 amide bonds. The third-order valence-electron chi connectivity index (χ3n) is 10.1. The SMILES string of the molecule is CC[C@H](C)[C@@H]1NN[C@](C)(C(=O)C[C@@H](CCSC)C(C)=O)CCC/C=C\CCCC(C)(C)C(=O)N[C@@H](CC(C)C)C(=O)N[C@@H](C(C)C)C(=O)C1=O. The van der Waals surface area contributed by atoms with E-state index in [-0.39, 0.29) is 35.7 Å². The Labute approximate surface area is 306 Å². The number of nitrogens with one attached hydrogen (secondary N) is 4. The van der Waals surface area contributed by atoms with Crippen LogP contribution in [-0.2, 0) is 28.8 Å². The van der Waals surface area contributed by atoms with Crippen molar-refractivity contribution in [2.24, 2.45) is 29.1 Å². The van der Waals surface area contributed by atoms with E-state index in [4.69, 9.17) is 0 Å². The smallest absolute Gasteiger partial charge is 0.243 e. The average Bonchev–Trinajstić information content (AvgIpc) is 3.04. The molecule has 0 aliphatic carbocycles. The minimum absolute atomic E-state index is 0.0228. The highest BCUT2D eigenvalue weighted by atomic mass is 32.2. The molecule has 4 N–H and O–H groups in total. The van der Waals surface area contributed by atoms with Crippen LogP contribution in [0.2, 0.25) is 0 Å². The molecule has 0 spiro atoms. The van der Waals surface area contributed by atoms with Gasteiger partial charge in [-0.1, -0.05) is 74.0 Å². The maximum Gasteiger partial charge on any atom is 0.243 e. The molecule has 1 aliphatic rings. The van der Waals surface area contributed by atoms with Crippen LogP contribution in [0.5, 0.6) is 0 Å². The molecule has 0 aromatic heterocycles. The van der Waals surface area contributed by atoms with Gasteiger partial charge in [0.2, 0.25) is 23.4 Å². The lowest BCUT2D eigenvalue weighted by Crippen LogP contribution is -2.63. The third kappa shape index (κ3) is 14.7. The van der Waals surface area contributed by atoms with E-state index in [0.29, 0.717) is 38.5 Å². The molecule has 0 unspecified atom stereocenters. The van der Waals surface area contributed by atoms with Gasteiger partial charge in [0.15, 0.2) is 5.78 Å². The van der Waals surface area contributed by atoms with Crippen molar-refractivity contribution in [3.8, 4) is 0 Å². The average molecular weight is 721 g/mol. The van der Waals surface area contributed by atoms with Crippen LogP contribution in [0.1, 0.15) is 133 Å². The van der Waals surface area contributed by atoms with Crippen molar-refractivity contribution in [1.82, 2.24) is 21.5 Å². The van der Waals surface area contributed by atoms with Crippen molar-refractivity contribution in [3.63, 3.8) is 0 Å². The van der Waals surface area contributed by atoms with Crippen LogP contribution in [0.15, 0.2) is 12.2 Å². The number of ketones is 4. The first-order valence-electron chi connectivity index (χ1n) is 18.7. The van der Waals surface area contributed by atoms with Crippen molar-refractivity contribution in [3.05, 3.63) is 12.2 Å². The van der Waals surface area contributed by atoms with Crippen LogP contribution in [0.3, 0.4) is 0 Å². The molecule has 0 bridgehead atoms. The molecular formula is C39H68N4O6S. The van der Waals surface area contributed by atoms with Gasteiger partial charge in [-0.2, -0.15) is 11.8 Å². The summed E-state index contributed by atoms with van der Waals surface area (Å²) in [6.45, 7) is 18.3. The molecular weight excluding hydrogens is 653 g/mol. The van der Waals surface area contributed by atoms with Crippen LogP contribution in [0, 0.1) is 29.1 Å². The molecule has 1 aliphatic heterocycles. The Hall–Kier alpha value is -2.37. The first-order valence-corrected chi connectivity index (χ1v) is 20.1. The van der Waals surface area contributed by atoms with Crippen LogP contribution in [-0.4, -0.2) is 70.6 Å². The van der Waals surface area contributed by atoms with Crippen LogP contribution >= 0.6 is 11.8 Å². The Morgan fingerprint density at radius 3 is 2.00 bits per heavy atom. The predicted octanol–water partition coefficient (Wildman–Crippen LogP) is 5.92. The summed E-state index contributed by atoms with van der Waals surface area (Å²) in [5.41, 5.74) is 4.46. The van der Waals surface area contributed by atoms with Gasteiger partial charge in [-0.25, -0.2) is 10.9 Å². The summed E-state index contributed by atoms with van der Waals surface area (Å²) < 4.78 is 0. The Bertz CT molecular complexity index is 1190. The number of hydrogen-bond acceptors (Lipinski definition) is 9. The second kappa shape index (κ2) is 21.9. The highest BCUT2D eigenvalue weighted by Gasteiger charge is 2.40. The van der Waals surface area contributed by atoms with E-state index < -0.39 is 58.4 Å². The summed E-state index contributed by atoms with van der Waals surface area (Å²) in [6.07, 6.45) is 11.8. The number of rotatable bonds is 12. The van der Waals surface area contributed by atoms with Gasteiger partial charge in [-0.05, 0) is 95.0 Å². The zero-order valence-corrected chi connectivity index (χ0v) is 33.6. The molecule has 286 valence electrons. The Balaban J connectivity index is 3.59. The van der Waals surface area contributed by atoms with Gasteiger partial charge < -0.3 is 10.6 Å². The number of hydrazine groups is 1. The third-order valence-corrected chi connectivity index (χ3v) is 10.8. The first-order chi connectivity index (χ1) is 23.3. The van der Waals surface area contributed by atoms with Crippen LogP contribution < -0.4 is 21.5 Å². The quantitative estimate of drug-likeness (QED) is 0.142. The second-order valence-electron chi connectivity index (χ2n) is 15.9. The number of allylic oxidation sites excluding steroid dienone is 2. The number of carbonyl (C=O) groups excluding carboxylic acids is 6. The fourth-order valence-corrected chi connectivity index (χ4v) is 6.63. The molecule has 0 fully saturated rings. The van der Waals surface area contributed by atoms with Crippen molar-refractivity contribution in [1.29, 1.82) is 0 Å². The molecule has 0 radical (unpaired) electrons.